The molecule has 162 valence electrons. The van der Waals surface area contributed by atoms with Crippen molar-refractivity contribution in [3.8, 4) is 0 Å². The molecule has 0 aromatic carbocycles. The Labute approximate surface area is 182 Å². The van der Waals surface area contributed by atoms with Crippen LogP contribution in [-0.4, -0.2) is 58.2 Å². The fraction of sp³-hybridized carbons (Fsp3) is 0.762. The van der Waals surface area contributed by atoms with E-state index in [1.54, 1.807) is 11.8 Å². The van der Waals surface area contributed by atoms with Crippen LogP contribution < -0.4 is 5.32 Å². The molecule has 2 aliphatic rings. The maximum absolute atomic E-state index is 13.3. The van der Waals surface area contributed by atoms with E-state index >= 15 is 0 Å². The summed E-state index contributed by atoms with van der Waals surface area (Å²) in [5.41, 5.74) is 0. The molecular formula is C21H34N4O2S2. The van der Waals surface area contributed by atoms with Crippen LogP contribution in [0.25, 0.3) is 0 Å². The highest BCUT2D eigenvalue weighted by atomic mass is 32.2. The number of carbonyl (C=O) groups is 2. The van der Waals surface area contributed by atoms with Crippen molar-refractivity contribution in [2.75, 3.05) is 24.7 Å². The van der Waals surface area contributed by atoms with Crippen molar-refractivity contribution in [1.82, 2.24) is 14.8 Å². The van der Waals surface area contributed by atoms with Crippen molar-refractivity contribution in [2.45, 2.75) is 81.5 Å². The number of amides is 3. The van der Waals surface area contributed by atoms with Gasteiger partial charge in [0, 0.05) is 31.6 Å². The lowest BCUT2D eigenvalue weighted by atomic mass is 9.85. The van der Waals surface area contributed by atoms with Gasteiger partial charge in [0.2, 0.25) is 5.91 Å². The number of hydrogen-bond acceptors (Lipinski definition) is 5. The Morgan fingerprint density at radius 3 is 2.45 bits per heavy atom. The molecule has 1 aromatic rings. The predicted molar refractivity (Wildman–Crippen MR) is 121 cm³/mol. The highest BCUT2D eigenvalue weighted by Gasteiger charge is 2.35. The van der Waals surface area contributed by atoms with Crippen LogP contribution in [0.4, 0.5) is 9.93 Å². The molecule has 8 heteroatoms. The van der Waals surface area contributed by atoms with Gasteiger partial charge in [0.25, 0.3) is 0 Å². The third-order valence-corrected chi connectivity index (χ3v) is 8.15. The van der Waals surface area contributed by atoms with Crippen LogP contribution in [0, 0.1) is 5.92 Å². The number of hydrogen-bond donors (Lipinski definition) is 1. The molecule has 0 unspecified atom stereocenters. The smallest absolute Gasteiger partial charge is 0.324 e. The lowest BCUT2D eigenvalue weighted by molar-refractivity contribution is -0.132. The number of aromatic nitrogens is 1. The molecular weight excluding hydrogens is 404 g/mol. The molecule has 1 aliphatic heterocycles. The fourth-order valence-electron chi connectivity index (χ4n) is 4.48. The summed E-state index contributed by atoms with van der Waals surface area (Å²) in [6.45, 7) is 5.86. The number of thiazole rings is 1. The average Bonchev–Trinajstić information content (AvgIpc) is 3.18. The lowest BCUT2D eigenvalue weighted by Crippen LogP contribution is -2.54. The number of nitrogens with zero attached hydrogens (tertiary/aromatic N) is 3. The second-order valence-electron chi connectivity index (χ2n) is 8.30. The molecule has 3 amide bonds. The molecule has 1 aromatic heterocycles. The Balaban J connectivity index is 1.68. The van der Waals surface area contributed by atoms with Gasteiger partial charge in [0.15, 0.2) is 5.13 Å². The standard InChI is InChI=1S/C21H34N4O2S2/c1-4-5-18(26)24-12-10-17(11-13-24)25(16-8-6-15(2)7-9-16)21(27)23-20-22-14-19(28-3)29-20/h14-17H,4-13H2,1-3H3,(H,22,23,27)/t15-,16-. The molecule has 1 N–H and O–H groups in total. The van der Waals surface area contributed by atoms with Crippen LogP contribution in [0.15, 0.2) is 10.4 Å². The van der Waals surface area contributed by atoms with Gasteiger partial charge in [-0.15, -0.1) is 11.8 Å². The number of rotatable bonds is 6. The zero-order valence-corrected chi connectivity index (χ0v) is 19.5. The van der Waals surface area contributed by atoms with Gasteiger partial charge in [-0.05, 0) is 57.1 Å². The minimum Gasteiger partial charge on any atom is -0.343 e. The number of piperidine rings is 1. The Kier molecular flexibility index (Phi) is 8.24. The molecule has 0 atom stereocenters. The van der Waals surface area contributed by atoms with Gasteiger partial charge < -0.3 is 9.80 Å². The second-order valence-corrected chi connectivity index (χ2v) is 10.4. The molecule has 1 aliphatic carbocycles. The average molecular weight is 439 g/mol. The lowest BCUT2D eigenvalue weighted by Gasteiger charge is -2.44. The van der Waals surface area contributed by atoms with Crippen LogP contribution in [0.5, 0.6) is 0 Å². The van der Waals surface area contributed by atoms with Crippen LogP contribution in [0.3, 0.4) is 0 Å². The highest BCUT2D eigenvalue weighted by Crippen LogP contribution is 2.32. The number of anilines is 1. The zero-order chi connectivity index (χ0) is 20.8. The number of nitrogens with one attached hydrogen (secondary N) is 1. The first-order valence-electron chi connectivity index (χ1n) is 10.9. The Morgan fingerprint density at radius 2 is 1.86 bits per heavy atom. The summed E-state index contributed by atoms with van der Waals surface area (Å²) in [6, 6.07) is 0.457. The minimum absolute atomic E-state index is 0.0232. The second kappa shape index (κ2) is 10.7. The van der Waals surface area contributed by atoms with Crippen molar-refractivity contribution in [1.29, 1.82) is 0 Å². The monoisotopic (exact) mass is 438 g/mol. The predicted octanol–water partition coefficient (Wildman–Crippen LogP) is 5.07. The minimum atomic E-state index is -0.0232. The van der Waals surface area contributed by atoms with Crippen molar-refractivity contribution < 1.29 is 9.59 Å². The summed E-state index contributed by atoms with van der Waals surface area (Å²) in [6.07, 6.45) is 11.6. The molecule has 0 spiro atoms. The normalized spacial score (nSPS) is 23.1. The third-order valence-electron chi connectivity index (χ3n) is 6.19. The van der Waals surface area contributed by atoms with Gasteiger partial charge in [-0.3, -0.25) is 10.1 Å². The molecule has 2 heterocycles. The van der Waals surface area contributed by atoms with Gasteiger partial charge in [-0.25, -0.2) is 9.78 Å². The largest absolute Gasteiger partial charge is 0.343 e. The van der Waals surface area contributed by atoms with Crippen LogP contribution in [-0.2, 0) is 4.79 Å². The zero-order valence-electron chi connectivity index (χ0n) is 17.9. The maximum atomic E-state index is 13.3. The summed E-state index contributed by atoms with van der Waals surface area (Å²) in [5, 5.41) is 3.73. The van der Waals surface area contributed by atoms with E-state index < -0.39 is 0 Å². The number of carbonyl (C=O) groups excluding carboxylic acids is 2. The fourth-order valence-corrected chi connectivity index (χ4v) is 5.75. The van der Waals surface area contributed by atoms with Crippen molar-refractivity contribution >= 4 is 40.2 Å². The number of urea groups is 1. The number of likely N-dealkylation sites (tertiary alicyclic amines) is 1. The van der Waals surface area contributed by atoms with Gasteiger partial charge in [-0.1, -0.05) is 25.2 Å². The Hall–Kier alpha value is -1.28. The van der Waals surface area contributed by atoms with E-state index in [9.17, 15) is 9.59 Å². The quantitative estimate of drug-likeness (QED) is 0.630. The summed E-state index contributed by atoms with van der Waals surface area (Å²) >= 11 is 3.16. The molecule has 0 radical (unpaired) electrons. The summed E-state index contributed by atoms with van der Waals surface area (Å²) in [4.78, 5) is 34.0. The highest BCUT2D eigenvalue weighted by molar-refractivity contribution is 8.00. The molecule has 6 nitrogen and oxygen atoms in total. The van der Waals surface area contributed by atoms with Gasteiger partial charge in [0.1, 0.15) is 0 Å². The molecule has 1 saturated heterocycles. The van der Waals surface area contributed by atoms with E-state index in [1.807, 2.05) is 24.3 Å². The van der Waals surface area contributed by atoms with E-state index in [0.29, 0.717) is 11.6 Å². The third kappa shape index (κ3) is 5.87. The van der Waals surface area contributed by atoms with Crippen LogP contribution >= 0.6 is 23.1 Å². The first kappa shape index (κ1) is 22.4. The van der Waals surface area contributed by atoms with Crippen LogP contribution in [0.1, 0.15) is 65.2 Å². The van der Waals surface area contributed by atoms with E-state index in [1.165, 1.54) is 24.2 Å². The molecule has 2 fully saturated rings. The van der Waals surface area contributed by atoms with Crippen LogP contribution in [0.2, 0.25) is 0 Å². The maximum Gasteiger partial charge on any atom is 0.324 e. The SMILES string of the molecule is CCCC(=O)N1CCC(N(C(=O)Nc2ncc(SC)s2)[C@H]2CC[C@H](C)CC2)CC1. The van der Waals surface area contributed by atoms with Gasteiger partial charge in [0.05, 0.1) is 10.4 Å². The van der Waals surface area contributed by atoms with Crippen molar-refractivity contribution in [2.24, 2.45) is 5.92 Å². The Morgan fingerprint density at radius 1 is 1.21 bits per heavy atom. The van der Waals surface area contributed by atoms with E-state index in [4.69, 9.17) is 0 Å². The van der Waals surface area contributed by atoms with Gasteiger partial charge in [-0.2, -0.15) is 0 Å². The molecule has 0 bridgehead atoms. The molecule has 29 heavy (non-hydrogen) atoms. The van der Waals surface area contributed by atoms with E-state index in [-0.39, 0.29) is 24.0 Å². The first-order valence-corrected chi connectivity index (χ1v) is 12.9. The number of thioether (sulfide) groups is 1. The Bertz CT molecular complexity index is 680. The molecule has 3 rings (SSSR count). The first-order chi connectivity index (χ1) is 14.0. The van der Waals surface area contributed by atoms with Gasteiger partial charge >= 0.3 is 6.03 Å². The summed E-state index contributed by atoms with van der Waals surface area (Å²) in [5.74, 6) is 0.994. The molecule has 1 saturated carbocycles. The summed E-state index contributed by atoms with van der Waals surface area (Å²) in [7, 11) is 0. The van der Waals surface area contributed by atoms with Crippen molar-refractivity contribution in [3.05, 3.63) is 6.20 Å². The topological polar surface area (TPSA) is 65.5 Å². The summed E-state index contributed by atoms with van der Waals surface area (Å²) < 4.78 is 1.10. The van der Waals surface area contributed by atoms with Crippen molar-refractivity contribution in [3.63, 3.8) is 0 Å². The van der Waals surface area contributed by atoms with E-state index in [2.05, 4.69) is 22.1 Å². The van der Waals surface area contributed by atoms with E-state index in [0.717, 1.165) is 55.3 Å².